The fourth-order valence-electron chi connectivity index (χ4n) is 2.82. The summed E-state index contributed by atoms with van der Waals surface area (Å²) in [7, 11) is 1.97. The van der Waals surface area contributed by atoms with Gasteiger partial charge in [-0.25, -0.2) is 0 Å². The Morgan fingerprint density at radius 3 is 2.67 bits per heavy atom. The topological polar surface area (TPSA) is 41.3 Å². The van der Waals surface area contributed by atoms with Crippen molar-refractivity contribution in [2.75, 3.05) is 19.6 Å². The SMILES string of the molecule is Cn1nccc1C1=CCN(CC(O)c2ccccc2)CC1. The van der Waals surface area contributed by atoms with Gasteiger partial charge in [0.2, 0.25) is 0 Å². The first-order valence-corrected chi connectivity index (χ1v) is 7.37. The number of hydrogen-bond acceptors (Lipinski definition) is 3. The van der Waals surface area contributed by atoms with Gasteiger partial charge in [0.1, 0.15) is 0 Å². The molecule has 0 aliphatic carbocycles. The average molecular weight is 283 g/mol. The van der Waals surface area contributed by atoms with Crippen LogP contribution >= 0.6 is 0 Å². The zero-order chi connectivity index (χ0) is 14.7. The molecular weight excluding hydrogens is 262 g/mol. The molecule has 0 saturated heterocycles. The van der Waals surface area contributed by atoms with E-state index in [-0.39, 0.29) is 0 Å². The minimum atomic E-state index is -0.419. The Kier molecular flexibility index (Phi) is 4.18. The van der Waals surface area contributed by atoms with Gasteiger partial charge in [-0.3, -0.25) is 9.58 Å². The number of hydrogen-bond donors (Lipinski definition) is 1. The van der Waals surface area contributed by atoms with Crippen LogP contribution in [0.3, 0.4) is 0 Å². The standard InChI is InChI=1S/C17H21N3O/c1-19-16(7-10-18-19)14-8-11-20(12-9-14)13-17(21)15-5-3-2-4-6-15/h2-8,10,17,21H,9,11-13H2,1H3. The fourth-order valence-corrected chi connectivity index (χ4v) is 2.82. The number of aryl methyl sites for hydroxylation is 1. The molecule has 0 fully saturated rings. The Balaban J connectivity index is 1.61. The van der Waals surface area contributed by atoms with E-state index in [1.54, 1.807) is 0 Å². The lowest BCUT2D eigenvalue weighted by Gasteiger charge is -2.28. The molecule has 110 valence electrons. The number of rotatable bonds is 4. The summed E-state index contributed by atoms with van der Waals surface area (Å²) < 4.78 is 1.92. The maximum absolute atomic E-state index is 10.3. The van der Waals surface area contributed by atoms with Crippen LogP contribution < -0.4 is 0 Å². The predicted octanol–water partition coefficient (Wildman–Crippen LogP) is 2.24. The predicted molar refractivity (Wildman–Crippen MR) is 83.6 cm³/mol. The van der Waals surface area contributed by atoms with Gasteiger partial charge in [-0.15, -0.1) is 0 Å². The second-order valence-corrected chi connectivity index (χ2v) is 5.51. The van der Waals surface area contributed by atoms with E-state index in [4.69, 9.17) is 0 Å². The van der Waals surface area contributed by atoms with Crippen LogP contribution in [-0.4, -0.2) is 39.4 Å². The molecule has 4 heteroatoms. The largest absolute Gasteiger partial charge is 0.387 e. The fraction of sp³-hybridized carbons (Fsp3) is 0.353. The summed E-state index contributed by atoms with van der Waals surface area (Å²) in [6.07, 6.45) is 4.67. The third-order valence-corrected chi connectivity index (χ3v) is 4.06. The van der Waals surface area contributed by atoms with E-state index in [0.717, 1.165) is 25.1 Å². The van der Waals surface area contributed by atoms with Crippen molar-refractivity contribution in [3.8, 4) is 0 Å². The van der Waals surface area contributed by atoms with Crippen LogP contribution in [0.4, 0.5) is 0 Å². The van der Waals surface area contributed by atoms with Gasteiger partial charge >= 0.3 is 0 Å². The molecule has 2 aromatic rings. The number of β-amino-alcohol motifs (C(OH)–C–C–N with tert-alkyl or cyclic N) is 1. The molecule has 1 aliphatic rings. The summed E-state index contributed by atoms with van der Waals surface area (Å²) in [6.45, 7) is 2.53. The molecular formula is C17H21N3O. The zero-order valence-electron chi connectivity index (χ0n) is 12.3. The minimum absolute atomic E-state index is 0.419. The molecule has 1 aromatic carbocycles. The van der Waals surface area contributed by atoms with Crippen LogP contribution in [0.2, 0.25) is 0 Å². The minimum Gasteiger partial charge on any atom is -0.387 e. The number of aliphatic hydroxyl groups is 1. The van der Waals surface area contributed by atoms with E-state index < -0.39 is 6.10 Å². The summed E-state index contributed by atoms with van der Waals surface area (Å²) in [5.41, 5.74) is 3.53. The molecule has 0 bridgehead atoms. The van der Waals surface area contributed by atoms with Crippen molar-refractivity contribution < 1.29 is 5.11 Å². The van der Waals surface area contributed by atoms with Gasteiger partial charge in [0, 0.05) is 32.9 Å². The summed E-state index contributed by atoms with van der Waals surface area (Å²) in [6, 6.07) is 11.9. The van der Waals surface area contributed by atoms with Crippen molar-refractivity contribution in [2.24, 2.45) is 7.05 Å². The van der Waals surface area contributed by atoms with E-state index in [0.29, 0.717) is 6.54 Å². The maximum Gasteiger partial charge on any atom is 0.0917 e. The molecule has 1 unspecified atom stereocenters. The highest BCUT2D eigenvalue weighted by molar-refractivity contribution is 5.63. The monoisotopic (exact) mass is 283 g/mol. The van der Waals surface area contributed by atoms with Crippen molar-refractivity contribution in [1.29, 1.82) is 0 Å². The van der Waals surface area contributed by atoms with Crippen LogP contribution in [0.1, 0.15) is 23.8 Å². The zero-order valence-corrected chi connectivity index (χ0v) is 12.3. The number of benzene rings is 1. The number of aliphatic hydroxyl groups excluding tert-OH is 1. The normalized spacial score (nSPS) is 17.5. The van der Waals surface area contributed by atoms with Gasteiger partial charge < -0.3 is 5.11 Å². The second-order valence-electron chi connectivity index (χ2n) is 5.51. The molecule has 1 aliphatic heterocycles. The second kappa shape index (κ2) is 6.24. The maximum atomic E-state index is 10.3. The Hall–Kier alpha value is -1.91. The van der Waals surface area contributed by atoms with E-state index >= 15 is 0 Å². The highest BCUT2D eigenvalue weighted by Crippen LogP contribution is 2.23. The molecule has 0 saturated carbocycles. The Morgan fingerprint density at radius 1 is 1.24 bits per heavy atom. The number of aromatic nitrogens is 2. The van der Waals surface area contributed by atoms with Crippen molar-refractivity contribution in [2.45, 2.75) is 12.5 Å². The molecule has 0 spiro atoms. The van der Waals surface area contributed by atoms with Crippen LogP contribution in [0.5, 0.6) is 0 Å². The first-order chi connectivity index (χ1) is 10.2. The van der Waals surface area contributed by atoms with Gasteiger partial charge in [0.25, 0.3) is 0 Å². The molecule has 0 amide bonds. The van der Waals surface area contributed by atoms with Crippen molar-refractivity contribution >= 4 is 5.57 Å². The summed E-state index contributed by atoms with van der Waals surface area (Å²) in [5.74, 6) is 0. The number of nitrogens with zero attached hydrogens (tertiary/aromatic N) is 3. The molecule has 1 N–H and O–H groups in total. The van der Waals surface area contributed by atoms with Crippen LogP contribution in [0.15, 0.2) is 48.7 Å². The lowest BCUT2D eigenvalue weighted by molar-refractivity contribution is 0.119. The van der Waals surface area contributed by atoms with Crippen molar-refractivity contribution in [1.82, 2.24) is 14.7 Å². The highest BCUT2D eigenvalue weighted by atomic mass is 16.3. The van der Waals surface area contributed by atoms with E-state index in [9.17, 15) is 5.11 Å². The van der Waals surface area contributed by atoms with Gasteiger partial charge in [-0.05, 0) is 23.6 Å². The first kappa shape index (κ1) is 14.0. The molecule has 1 atom stereocenters. The summed E-state index contributed by atoms with van der Waals surface area (Å²) in [4.78, 5) is 2.29. The van der Waals surface area contributed by atoms with Gasteiger partial charge in [-0.2, -0.15) is 5.10 Å². The Morgan fingerprint density at radius 2 is 2.05 bits per heavy atom. The molecule has 4 nitrogen and oxygen atoms in total. The average Bonchev–Trinajstić information content (AvgIpc) is 2.95. The van der Waals surface area contributed by atoms with Gasteiger partial charge in [0.05, 0.1) is 11.8 Å². The molecule has 21 heavy (non-hydrogen) atoms. The third-order valence-electron chi connectivity index (χ3n) is 4.06. The van der Waals surface area contributed by atoms with Crippen molar-refractivity contribution in [3.05, 3.63) is 59.9 Å². The van der Waals surface area contributed by atoms with Crippen LogP contribution in [0.25, 0.3) is 5.57 Å². The smallest absolute Gasteiger partial charge is 0.0917 e. The third kappa shape index (κ3) is 3.23. The Bertz CT molecular complexity index is 618. The van der Waals surface area contributed by atoms with E-state index in [1.807, 2.05) is 48.3 Å². The van der Waals surface area contributed by atoms with E-state index in [2.05, 4.69) is 22.1 Å². The quantitative estimate of drug-likeness (QED) is 0.935. The van der Waals surface area contributed by atoms with Gasteiger partial charge in [0.15, 0.2) is 0 Å². The van der Waals surface area contributed by atoms with Crippen LogP contribution in [0, 0.1) is 0 Å². The molecule has 3 rings (SSSR count). The molecule has 2 heterocycles. The first-order valence-electron chi connectivity index (χ1n) is 7.37. The van der Waals surface area contributed by atoms with Gasteiger partial charge in [-0.1, -0.05) is 36.4 Å². The summed E-state index contributed by atoms with van der Waals surface area (Å²) >= 11 is 0. The molecule has 1 aromatic heterocycles. The Labute approximate surface area is 125 Å². The highest BCUT2D eigenvalue weighted by Gasteiger charge is 2.18. The lowest BCUT2D eigenvalue weighted by atomic mass is 10.0. The van der Waals surface area contributed by atoms with Crippen molar-refractivity contribution in [3.63, 3.8) is 0 Å². The summed E-state index contributed by atoms with van der Waals surface area (Å²) in [5, 5.41) is 14.5. The molecule has 0 radical (unpaired) electrons. The van der Waals surface area contributed by atoms with E-state index in [1.165, 1.54) is 11.3 Å². The lowest BCUT2D eigenvalue weighted by Crippen LogP contribution is -2.32. The van der Waals surface area contributed by atoms with Crippen LogP contribution in [-0.2, 0) is 7.05 Å².